The standard InChI is InChI=1S/C14H18F2N2O3S/c1-14(21,5-6-22-2)8-17-12(19)13(20)18-11-4-3-9(15)7-10(11)16/h3-4,7,21H,5-6,8H2,1-2H3,(H,17,19)(H,18,20)/t14-/m1/s1. The molecule has 2 amide bonds. The highest BCUT2D eigenvalue weighted by molar-refractivity contribution is 7.98. The van der Waals surface area contributed by atoms with Crippen LogP contribution in [0.15, 0.2) is 18.2 Å². The Labute approximate surface area is 131 Å². The topological polar surface area (TPSA) is 78.4 Å². The highest BCUT2D eigenvalue weighted by atomic mass is 32.2. The summed E-state index contributed by atoms with van der Waals surface area (Å²) in [7, 11) is 0. The van der Waals surface area contributed by atoms with Crippen LogP contribution in [0.1, 0.15) is 13.3 Å². The zero-order chi connectivity index (χ0) is 16.8. The summed E-state index contributed by atoms with van der Waals surface area (Å²) in [6.45, 7) is 1.44. The third kappa shape index (κ3) is 5.98. The van der Waals surface area contributed by atoms with Crippen LogP contribution in [0.2, 0.25) is 0 Å². The van der Waals surface area contributed by atoms with Gasteiger partial charge in [0.15, 0.2) is 0 Å². The van der Waals surface area contributed by atoms with Gasteiger partial charge in [-0.25, -0.2) is 8.78 Å². The fourth-order valence-electron chi connectivity index (χ4n) is 1.53. The zero-order valence-corrected chi connectivity index (χ0v) is 13.1. The molecule has 0 heterocycles. The van der Waals surface area contributed by atoms with Gasteiger partial charge in [0.2, 0.25) is 0 Å². The number of thioether (sulfide) groups is 1. The normalized spacial score (nSPS) is 13.3. The minimum absolute atomic E-state index is 0.105. The molecule has 0 fully saturated rings. The molecule has 22 heavy (non-hydrogen) atoms. The number of nitrogens with one attached hydrogen (secondary N) is 2. The Bertz CT molecular complexity index is 553. The summed E-state index contributed by atoms with van der Waals surface area (Å²) < 4.78 is 26.1. The molecule has 0 aliphatic carbocycles. The van der Waals surface area contributed by atoms with Crippen molar-refractivity contribution in [1.82, 2.24) is 5.32 Å². The maximum absolute atomic E-state index is 13.4. The largest absolute Gasteiger partial charge is 0.388 e. The van der Waals surface area contributed by atoms with E-state index in [0.717, 1.165) is 12.1 Å². The van der Waals surface area contributed by atoms with Crippen LogP contribution < -0.4 is 10.6 Å². The Morgan fingerprint density at radius 2 is 2.00 bits per heavy atom. The number of carbonyl (C=O) groups excluding carboxylic acids is 2. The number of anilines is 1. The van der Waals surface area contributed by atoms with Gasteiger partial charge in [0.25, 0.3) is 0 Å². The fraction of sp³-hybridized carbons (Fsp3) is 0.429. The van der Waals surface area contributed by atoms with Crippen molar-refractivity contribution in [2.45, 2.75) is 18.9 Å². The average Bonchev–Trinajstić information content (AvgIpc) is 2.45. The minimum Gasteiger partial charge on any atom is -0.388 e. The summed E-state index contributed by atoms with van der Waals surface area (Å²) in [5.41, 5.74) is -1.43. The first-order valence-electron chi connectivity index (χ1n) is 6.51. The van der Waals surface area contributed by atoms with E-state index < -0.39 is 29.0 Å². The van der Waals surface area contributed by atoms with Crippen molar-refractivity contribution in [3.63, 3.8) is 0 Å². The fourth-order valence-corrected chi connectivity index (χ4v) is 2.18. The number of amides is 2. The molecule has 3 N–H and O–H groups in total. The molecule has 0 aliphatic rings. The molecule has 0 radical (unpaired) electrons. The molecule has 0 saturated heterocycles. The van der Waals surface area contributed by atoms with Gasteiger partial charge in [-0.2, -0.15) is 11.8 Å². The van der Waals surface area contributed by atoms with Crippen LogP contribution in [-0.2, 0) is 9.59 Å². The minimum atomic E-state index is -1.14. The number of hydrogen-bond acceptors (Lipinski definition) is 4. The number of rotatable bonds is 6. The zero-order valence-electron chi connectivity index (χ0n) is 12.3. The van der Waals surface area contributed by atoms with Crippen molar-refractivity contribution < 1.29 is 23.5 Å². The van der Waals surface area contributed by atoms with Gasteiger partial charge in [0, 0.05) is 12.6 Å². The predicted molar refractivity (Wildman–Crippen MR) is 81.6 cm³/mol. The highest BCUT2D eigenvalue weighted by Gasteiger charge is 2.23. The summed E-state index contributed by atoms with van der Waals surface area (Å²) in [5, 5.41) is 14.3. The molecule has 1 atom stereocenters. The van der Waals surface area contributed by atoms with Gasteiger partial charge in [-0.05, 0) is 37.5 Å². The number of aliphatic hydroxyl groups is 1. The Kier molecular flexibility index (Phi) is 6.76. The summed E-state index contributed by atoms with van der Waals surface area (Å²) in [6, 6.07) is 2.58. The Morgan fingerprint density at radius 3 is 2.59 bits per heavy atom. The van der Waals surface area contributed by atoms with Crippen LogP contribution >= 0.6 is 11.8 Å². The first-order chi connectivity index (χ1) is 10.2. The van der Waals surface area contributed by atoms with Crippen LogP contribution in [0, 0.1) is 11.6 Å². The summed E-state index contributed by atoms with van der Waals surface area (Å²) in [4.78, 5) is 23.2. The van der Waals surface area contributed by atoms with Crippen molar-refractivity contribution in [3.8, 4) is 0 Å². The predicted octanol–water partition coefficient (Wildman–Crippen LogP) is 1.52. The quantitative estimate of drug-likeness (QED) is 0.690. The number of carbonyl (C=O) groups is 2. The van der Waals surface area contributed by atoms with Crippen LogP contribution in [0.5, 0.6) is 0 Å². The van der Waals surface area contributed by atoms with Gasteiger partial charge in [-0.15, -0.1) is 0 Å². The molecular weight excluding hydrogens is 314 g/mol. The van der Waals surface area contributed by atoms with E-state index >= 15 is 0 Å². The lowest BCUT2D eigenvalue weighted by Crippen LogP contribution is -2.45. The monoisotopic (exact) mass is 332 g/mol. The van der Waals surface area contributed by atoms with Crippen molar-refractivity contribution in [3.05, 3.63) is 29.8 Å². The lowest BCUT2D eigenvalue weighted by Gasteiger charge is -2.23. The van der Waals surface area contributed by atoms with Gasteiger partial charge >= 0.3 is 11.8 Å². The molecule has 8 heteroatoms. The maximum atomic E-state index is 13.4. The van der Waals surface area contributed by atoms with Crippen LogP contribution in [0.25, 0.3) is 0 Å². The SMILES string of the molecule is CSCC[C@@](C)(O)CNC(=O)C(=O)Nc1ccc(F)cc1F. The smallest absolute Gasteiger partial charge is 0.313 e. The second-order valence-corrected chi connectivity index (χ2v) is 5.99. The van der Waals surface area contributed by atoms with Gasteiger partial charge in [-0.3, -0.25) is 9.59 Å². The summed E-state index contributed by atoms with van der Waals surface area (Å²) in [6.07, 6.45) is 2.34. The van der Waals surface area contributed by atoms with E-state index in [-0.39, 0.29) is 12.2 Å². The number of benzene rings is 1. The van der Waals surface area contributed by atoms with E-state index in [9.17, 15) is 23.5 Å². The summed E-state index contributed by atoms with van der Waals surface area (Å²) >= 11 is 1.55. The number of hydrogen-bond donors (Lipinski definition) is 3. The maximum Gasteiger partial charge on any atom is 0.313 e. The van der Waals surface area contributed by atoms with E-state index in [4.69, 9.17) is 0 Å². The third-order valence-electron chi connectivity index (χ3n) is 2.86. The molecular formula is C14H18F2N2O3S. The molecule has 1 aromatic rings. The molecule has 1 rings (SSSR count). The van der Waals surface area contributed by atoms with E-state index in [1.165, 1.54) is 0 Å². The van der Waals surface area contributed by atoms with Crippen LogP contribution in [0.3, 0.4) is 0 Å². The second kappa shape index (κ2) is 8.09. The lowest BCUT2D eigenvalue weighted by molar-refractivity contribution is -0.136. The molecule has 0 saturated carbocycles. The first kappa shape index (κ1) is 18.4. The summed E-state index contributed by atoms with van der Waals surface area (Å²) in [5.74, 6) is -3.16. The Morgan fingerprint density at radius 1 is 1.32 bits per heavy atom. The highest BCUT2D eigenvalue weighted by Crippen LogP contribution is 2.15. The molecule has 1 aromatic carbocycles. The average molecular weight is 332 g/mol. The van der Waals surface area contributed by atoms with Crippen molar-refractivity contribution in [1.29, 1.82) is 0 Å². The third-order valence-corrected chi connectivity index (χ3v) is 3.47. The molecule has 0 bridgehead atoms. The van der Waals surface area contributed by atoms with E-state index in [0.29, 0.717) is 18.2 Å². The van der Waals surface area contributed by atoms with Crippen molar-refractivity contribution >= 4 is 29.3 Å². The Balaban J connectivity index is 2.53. The van der Waals surface area contributed by atoms with Gasteiger partial charge < -0.3 is 15.7 Å². The van der Waals surface area contributed by atoms with Crippen LogP contribution in [0.4, 0.5) is 14.5 Å². The van der Waals surface area contributed by atoms with Crippen molar-refractivity contribution in [2.24, 2.45) is 0 Å². The van der Waals surface area contributed by atoms with Gasteiger partial charge in [0.1, 0.15) is 11.6 Å². The molecule has 122 valence electrons. The molecule has 0 unspecified atom stereocenters. The van der Waals surface area contributed by atoms with Gasteiger partial charge in [-0.1, -0.05) is 0 Å². The number of halogens is 2. The first-order valence-corrected chi connectivity index (χ1v) is 7.90. The van der Waals surface area contributed by atoms with Crippen LogP contribution in [-0.4, -0.2) is 41.1 Å². The van der Waals surface area contributed by atoms with Gasteiger partial charge in [0.05, 0.1) is 11.3 Å². The molecule has 0 spiro atoms. The molecule has 0 aliphatic heterocycles. The molecule has 0 aromatic heterocycles. The Hall–Kier alpha value is -1.67. The lowest BCUT2D eigenvalue weighted by atomic mass is 10.0. The van der Waals surface area contributed by atoms with Crippen molar-refractivity contribution in [2.75, 3.05) is 23.9 Å². The second-order valence-electron chi connectivity index (χ2n) is 5.00. The van der Waals surface area contributed by atoms with E-state index in [1.807, 2.05) is 11.6 Å². The van der Waals surface area contributed by atoms with E-state index in [2.05, 4.69) is 5.32 Å². The van der Waals surface area contributed by atoms with E-state index in [1.54, 1.807) is 18.7 Å². The molecule has 5 nitrogen and oxygen atoms in total.